The monoisotopic (exact) mass is 278 g/mol. The van der Waals surface area contributed by atoms with Crippen molar-refractivity contribution in [2.75, 3.05) is 6.54 Å². The van der Waals surface area contributed by atoms with Crippen molar-refractivity contribution in [1.29, 1.82) is 0 Å². The topological polar surface area (TPSA) is 32.3 Å². The molecule has 114 valence electrons. The Balaban J connectivity index is 1.62. The molecule has 1 saturated heterocycles. The van der Waals surface area contributed by atoms with Crippen molar-refractivity contribution in [3.63, 3.8) is 0 Å². The van der Waals surface area contributed by atoms with Crippen molar-refractivity contribution in [2.45, 2.75) is 77.4 Å². The molecular weight excluding hydrogens is 248 g/mol. The number of carbonyl (C=O) groups is 1. The Kier molecular flexibility index (Phi) is 4.34. The summed E-state index contributed by atoms with van der Waals surface area (Å²) in [6.07, 6.45) is 10.3. The number of amides is 1. The maximum absolute atomic E-state index is 12.7. The third-order valence-electron chi connectivity index (χ3n) is 5.45. The number of carbonyl (C=O) groups excluding carboxylic acids is 1. The first-order valence-corrected chi connectivity index (χ1v) is 8.81. The lowest BCUT2D eigenvalue weighted by molar-refractivity contribution is -0.131. The van der Waals surface area contributed by atoms with Crippen molar-refractivity contribution in [2.24, 2.45) is 17.8 Å². The normalized spacial score (nSPS) is 30.6. The molecule has 1 heterocycles. The average molecular weight is 278 g/mol. The van der Waals surface area contributed by atoms with E-state index in [2.05, 4.69) is 24.1 Å². The standard InChI is InChI=1S/C17H30N2O/c1-3-5-6-15-17(20)19(16(4-2)18-15)11-14(12-7-8-12)13-9-10-13/h12-16,18H,3-11H2,1-2H3. The highest BCUT2D eigenvalue weighted by molar-refractivity contribution is 5.84. The maximum atomic E-state index is 12.7. The molecule has 1 amide bonds. The molecule has 3 rings (SSSR count). The number of nitrogens with one attached hydrogen (secondary N) is 1. The van der Waals surface area contributed by atoms with Crippen molar-refractivity contribution in [1.82, 2.24) is 10.2 Å². The van der Waals surface area contributed by atoms with E-state index in [1.807, 2.05) is 0 Å². The van der Waals surface area contributed by atoms with Crippen LogP contribution in [-0.4, -0.2) is 29.6 Å². The largest absolute Gasteiger partial charge is 0.326 e. The first-order chi connectivity index (χ1) is 9.74. The number of nitrogens with zero attached hydrogens (tertiary/aromatic N) is 1. The molecule has 0 spiro atoms. The predicted molar refractivity (Wildman–Crippen MR) is 81.2 cm³/mol. The van der Waals surface area contributed by atoms with E-state index < -0.39 is 0 Å². The van der Waals surface area contributed by atoms with Crippen LogP contribution in [0.25, 0.3) is 0 Å². The minimum Gasteiger partial charge on any atom is -0.326 e. The summed E-state index contributed by atoms with van der Waals surface area (Å²) in [5.74, 6) is 3.06. The van der Waals surface area contributed by atoms with E-state index in [1.165, 1.54) is 32.1 Å². The lowest BCUT2D eigenvalue weighted by Gasteiger charge is -2.28. The van der Waals surface area contributed by atoms with Crippen LogP contribution in [0, 0.1) is 17.8 Å². The number of unbranched alkanes of at least 4 members (excludes halogenated alkanes) is 1. The number of hydrogen-bond donors (Lipinski definition) is 1. The summed E-state index contributed by atoms with van der Waals surface area (Å²) in [5, 5.41) is 3.58. The summed E-state index contributed by atoms with van der Waals surface area (Å²) in [5.41, 5.74) is 0. The van der Waals surface area contributed by atoms with Gasteiger partial charge in [-0.2, -0.15) is 0 Å². The molecule has 2 saturated carbocycles. The van der Waals surface area contributed by atoms with Gasteiger partial charge >= 0.3 is 0 Å². The SMILES string of the molecule is CCCCC1NC(CC)N(CC(C2CC2)C2CC2)C1=O. The summed E-state index contributed by atoms with van der Waals surface area (Å²) in [7, 11) is 0. The second kappa shape index (κ2) is 6.05. The Labute approximate surface area is 123 Å². The zero-order valence-electron chi connectivity index (χ0n) is 13.1. The summed E-state index contributed by atoms with van der Waals surface area (Å²) in [6, 6.07) is 0.0963. The highest BCUT2D eigenvalue weighted by Gasteiger charge is 2.45. The summed E-state index contributed by atoms with van der Waals surface area (Å²) in [4.78, 5) is 14.9. The van der Waals surface area contributed by atoms with Crippen LogP contribution in [0.15, 0.2) is 0 Å². The Morgan fingerprint density at radius 2 is 1.85 bits per heavy atom. The van der Waals surface area contributed by atoms with Crippen LogP contribution in [0.5, 0.6) is 0 Å². The van der Waals surface area contributed by atoms with Crippen LogP contribution in [0.3, 0.4) is 0 Å². The quantitative estimate of drug-likeness (QED) is 0.740. The molecule has 3 heteroatoms. The number of hydrogen-bond acceptors (Lipinski definition) is 2. The molecule has 1 N–H and O–H groups in total. The molecule has 0 radical (unpaired) electrons. The van der Waals surface area contributed by atoms with Gasteiger partial charge in [0.15, 0.2) is 0 Å². The molecule has 0 aromatic rings. The van der Waals surface area contributed by atoms with Gasteiger partial charge in [-0.25, -0.2) is 0 Å². The third-order valence-corrected chi connectivity index (χ3v) is 5.45. The molecule has 3 aliphatic rings. The van der Waals surface area contributed by atoms with Crippen LogP contribution in [0.2, 0.25) is 0 Å². The molecule has 2 atom stereocenters. The summed E-state index contributed by atoms with van der Waals surface area (Å²) >= 11 is 0. The van der Waals surface area contributed by atoms with E-state index >= 15 is 0 Å². The van der Waals surface area contributed by atoms with E-state index in [9.17, 15) is 4.79 Å². The smallest absolute Gasteiger partial charge is 0.241 e. The molecule has 1 aliphatic heterocycles. The van der Waals surface area contributed by atoms with E-state index in [0.717, 1.165) is 43.6 Å². The van der Waals surface area contributed by atoms with Crippen LogP contribution in [-0.2, 0) is 4.79 Å². The second-order valence-corrected chi connectivity index (χ2v) is 7.11. The predicted octanol–water partition coefficient (Wildman–Crippen LogP) is 3.15. The molecule has 0 aromatic heterocycles. The molecule has 3 nitrogen and oxygen atoms in total. The average Bonchev–Trinajstić information content (AvgIpc) is 3.34. The molecule has 2 aliphatic carbocycles. The van der Waals surface area contributed by atoms with Gasteiger partial charge in [0.2, 0.25) is 5.91 Å². The minimum atomic E-state index is 0.0963. The fourth-order valence-corrected chi connectivity index (χ4v) is 3.88. The van der Waals surface area contributed by atoms with Gasteiger partial charge in [-0.1, -0.05) is 26.7 Å². The van der Waals surface area contributed by atoms with Crippen LogP contribution in [0.1, 0.15) is 65.2 Å². The summed E-state index contributed by atoms with van der Waals surface area (Å²) < 4.78 is 0. The van der Waals surface area contributed by atoms with Gasteiger partial charge in [-0.05, 0) is 56.3 Å². The van der Waals surface area contributed by atoms with Gasteiger partial charge in [-0.3, -0.25) is 10.1 Å². The Bertz CT molecular complexity index is 337. The van der Waals surface area contributed by atoms with Crippen molar-refractivity contribution in [3.8, 4) is 0 Å². The highest BCUT2D eigenvalue weighted by Crippen LogP contribution is 2.49. The second-order valence-electron chi connectivity index (χ2n) is 7.11. The zero-order chi connectivity index (χ0) is 14.1. The van der Waals surface area contributed by atoms with E-state index in [-0.39, 0.29) is 6.04 Å². The molecule has 20 heavy (non-hydrogen) atoms. The minimum absolute atomic E-state index is 0.0963. The van der Waals surface area contributed by atoms with Crippen molar-refractivity contribution >= 4 is 5.91 Å². The van der Waals surface area contributed by atoms with Crippen molar-refractivity contribution < 1.29 is 4.79 Å². The Morgan fingerprint density at radius 3 is 2.35 bits per heavy atom. The molecular formula is C17H30N2O. The van der Waals surface area contributed by atoms with Gasteiger partial charge < -0.3 is 4.90 Å². The molecule has 0 aromatic carbocycles. The lowest BCUT2D eigenvalue weighted by atomic mass is 9.97. The molecule has 0 bridgehead atoms. The van der Waals surface area contributed by atoms with E-state index in [4.69, 9.17) is 0 Å². The van der Waals surface area contributed by atoms with Crippen LogP contribution >= 0.6 is 0 Å². The lowest BCUT2D eigenvalue weighted by Crippen LogP contribution is -2.41. The Morgan fingerprint density at radius 1 is 1.20 bits per heavy atom. The van der Waals surface area contributed by atoms with E-state index in [1.54, 1.807) is 0 Å². The fourth-order valence-electron chi connectivity index (χ4n) is 3.88. The van der Waals surface area contributed by atoms with Gasteiger partial charge in [0.25, 0.3) is 0 Å². The van der Waals surface area contributed by atoms with E-state index in [0.29, 0.717) is 12.1 Å². The molecule has 2 unspecified atom stereocenters. The highest BCUT2D eigenvalue weighted by atomic mass is 16.2. The fraction of sp³-hybridized carbons (Fsp3) is 0.941. The van der Waals surface area contributed by atoms with Gasteiger partial charge in [0.1, 0.15) is 0 Å². The van der Waals surface area contributed by atoms with Crippen LogP contribution in [0.4, 0.5) is 0 Å². The van der Waals surface area contributed by atoms with Gasteiger partial charge in [0, 0.05) is 6.54 Å². The number of rotatable bonds is 8. The summed E-state index contributed by atoms with van der Waals surface area (Å²) in [6.45, 7) is 5.43. The third kappa shape index (κ3) is 3.03. The van der Waals surface area contributed by atoms with Crippen molar-refractivity contribution in [3.05, 3.63) is 0 Å². The maximum Gasteiger partial charge on any atom is 0.241 e. The zero-order valence-corrected chi connectivity index (χ0v) is 13.1. The van der Waals surface area contributed by atoms with Gasteiger partial charge in [-0.15, -0.1) is 0 Å². The first-order valence-electron chi connectivity index (χ1n) is 8.81. The Hall–Kier alpha value is -0.570. The first kappa shape index (κ1) is 14.4. The molecule has 3 fully saturated rings. The van der Waals surface area contributed by atoms with Gasteiger partial charge in [0.05, 0.1) is 12.2 Å². The van der Waals surface area contributed by atoms with Crippen LogP contribution < -0.4 is 5.32 Å².